The highest BCUT2D eigenvalue weighted by atomic mass is 35.5. The van der Waals surface area contributed by atoms with Crippen molar-refractivity contribution in [2.45, 2.75) is 18.2 Å². The molecule has 0 radical (unpaired) electrons. The summed E-state index contributed by atoms with van der Waals surface area (Å²) >= 11 is 5.75. The van der Waals surface area contributed by atoms with Crippen molar-refractivity contribution in [2.24, 2.45) is 5.92 Å². The minimum atomic E-state index is 0.102. The van der Waals surface area contributed by atoms with Crippen molar-refractivity contribution in [3.63, 3.8) is 0 Å². The second kappa shape index (κ2) is 5.68. The fourth-order valence-electron chi connectivity index (χ4n) is 2.47. The van der Waals surface area contributed by atoms with E-state index in [1.807, 2.05) is 42.5 Å². The maximum Gasteiger partial charge on any atom is 0.228 e. The Morgan fingerprint density at radius 1 is 1.10 bits per heavy atom. The van der Waals surface area contributed by atoms with Crippen molar-refractivity contribution < 1.29 is 4.79 Å². The van der Waals surface area contributed by atoms with Crippen LogP contribution in [0.15, 0.2) is 54.6 Å². The first kappa shape index (κ1) is 13.2. The minimum absolute atomic E-state index is 0.102. The lowest BCUT2D eigenvalue weighted by Crippen LogP contribution is -2.14. The Morgan fingerprint density at radius 2 is 1.80 bits per heavy atom. The monoisotopic (exact) mass is 285 g/mol. The van der Waals surface area contributed by atoms with Crippen molar-refractivity contribution in [3.8, 4) is 0 Å². The van der Waals surface area contributed by atoms with Gasteiger partial charge in [0.1, 0.15) is 0 Å². The molecule has 2 aromatic carbocycles. The van der Waals surface area contributed by atoms with Gasteiger partial charge in [-0.05, 0) is 35.6 Å². The van der Waals surface area contributed by atoms with Crippen LogP contribution in [0.2, 0.25) is 0 Å². The Morgan fingerprint density at radius 3 is 2.45 bits per heavy atom. The second-order valence-corrected chi connectivity index (χ2v) is 5.45. The van der Waals surface area contributed by atoms with Crippen LogP contribution in [-0.4, -0.2) is 5.91 Å². The number of hydrogen-bond donors (Lipinski definition) is 1. The van der Waals surface area contributed by atoms with Crippen LogP contribution < -0.4 is 5.32 Å². The highest BCUT2D eigenvalue weighted by Crippen LogP contribution is 2.47. The molecule has 1 aliphatic carbocycles. The first-order valence-corrected chi connectivity index (χ1v) is 7.32. The van der Waals surface area contributed by atoms with Crippen LogP contribution in [0, 0.1) is 5.92 Å². The molecule has 1 aliphatic rings. The fourth-order valence-corrected chi connectivity index (χ4v) is 2.64. The van der Waals surface area contributed by atoms with E-state index in [0.29, 0.717) is 11.8 Å². The van der Waals surface area contributed by atoms with Gasteiger partial charge in [-0.2, -0.15) is 0 Å². The van der Waals surface area contributed by atoms with Gasteiger partial charge in [0, 0.05) is 17.5 Å². The molecule has 0 aliphatic heterocycles. The third kappa shape index (κ3) is 2.86. The molecule has 2 unspecified atom stereocenters. The van der Waals surface area contributed by atoms with Gasteiger partial charge >= 0.3 is 0 Å². The largest absolute Gasteiger partial charge is 0.326 e. The van der Waals surface area contributed by atoms with Crippen molar-refractivity contribution in [1.29, 1.82) is 0 Å². The van der Waals surface area contributed by atoms with Crippen LogP contribution in [0.3, 0.4) is 0 Å². The molecule has 0 aromatic heterocycles. The van der Waals surface area contributed by atoms with Gasteiger partial charge in [0.25, 0.3) is 0 Å². The maximum absolute atomic E-state index is 12.2. The molecule has 3 rings (SSSR count). The van der Waals surface area contributed by atoms with Crippen molar-refractivity contribution >= 4 is 23.2 Å². The molecule has 1 amide bonds. The van der Waals surface area contributed by atoms with Crippen LogP contribution in [0.4, 0.5) is 5.69 Å². The normalized spacial score (nSPS) is 20.4. The molecule has 1 N–H and O–H groups in total. The quantitative estimate of drug-likeness (QED) is 0.840. The van der Waals surface area contributed by atoms with Gasteiger partial charge in [0.15, 0.2) is 0 Å². The van der Waals surface area contributed by atoms with Crippen LogP contribution in [-0.2, 0) is 10.7 Å². The smallest absolute Gasteiger partial charge is 0.228 e. The average molecular weight is 286 g/mol. The van der Waals surface area contributed by atoms with Crippen LogP contribution in [0.1, 0.15) is 23.5 Å². The number of hydrogen-bond acceptors (Lipinski definition) is 1. The SMILES string of the molecule is O=C(Nc1ccc(CCl)cc1)C1CC1c1ccccc1. The number of rotatable bonds is 4. The molecule has 20 heavy (non-hydrogen) atoms. The number of alkyl halides is 1. The summed E-state index contributed by atoms with van der Waals surface area (Å²) in [4.78, 5) is 12.2. The van der Waals surface area contributed by atoms with E-state index < -0.39 is 0 Å². The highest BCUT2D eigenvalue weighted by Gasteiger charge is 2.43. The molecule has 0 bridgehead atoms. The lowest BCUT2D eigenvalue weighted by atomic mass is 10.1. The summed E-state index contributed by atoms with van der Waals surface area (Å²) < 4.78 is 0. The third-order valence-corrected chi connectivity index (χ3v) is 4.04. The zero-order chi connectivity index (χ0) is 13.9. The molecule has 0 spiro atoms. The topological polar surface area (TPSA) is 29.1 Å². The van der Waals surface area contributed by atoms with Gasteiger partial charge in [0.2, 0.25) is 5.91 Å². The molecule has 2 nitrogen and oxygen atoms in total. The number of carbonyl (C=O) groups is 1. The lowest BCUT2D eigenvalue weighted by Gasteiger charge is -2.05. The summed E-state index contributed by atoms with van der Waals surface area (Å²) in [6, 6.07) is 17.9. The van der Waals surface area contributed by atoms with Gasteiger partial charge in [-0.15, -0.1) is 11.6 Å². The molecule has 0 saturated heterocycles. The summed E-state index contributed by atoms with van der Waals surface area (Å²) in [5.74, 6) is 1.08. The second-order valence-electron chi connectivity index (χ2n) is 5.18. The van der Waals surface area contributed by atoms with E-state index in [0.717, 1.165) is 17.7 Å². The standard InChI is InChI=1S/C17H16ClNO/c18-11-12-6-8-14(9-7-12)19-17(20)16-10-15(16)13-4-2-1-3-5-13/h1-9,15-16H,10-11H2,(H,19,20). The van der Waals surface area contributed by atoms with Gasteiger partial charge in [-0.3, -0.25) is 4.79 Å². The van der Waals surface area contributed by atoms with E-state index in [9.17, 15) is 4.79 Å². The zero-order valence-corrected chi connectivity index (χ0v) is 11.8. The van der Waals surface area contributed by atoms with E-state index in [1.54, 1.807) is 0 Å². The molecule has 102 valence electrons. The summed E-state index contributed by atoms with van der Waals surface area (Å²) in [6.07, 6.45) is 0.940. The van der Waals surface area contributed by atoms with Crippen molar-refractivity contribution in [2.75, 3.05) is 5.32 Å². The molecular weight excluding hydrogens is 270 g/mol. The van der Waals surface area contributed by atoms with Crippen LogP contribution >= 0.6 is 11.6 Å². The molecule has 3 heteroatoms. The molecule has 1 fully saturated rings. The maximum atomic E-state index is 12.2. The zero-order valence-electron chi connectivity index (χ0n) is 11.1. The van der Waals surface area contributed by atoms with Crippen LogP contribution in [0.25, 0.3) is 0 Å². The third-order valence-electron chi connectivity index (χ3n) is 3.73. The molecule has 0 heterocycles. The number of halogens is 1. The summed E-state index contributed by atoms with van der Waals surface area (Å²) in [6.45, 7) is 0. The highest BCUT2D eigenvalue weighted by molar-refractivity contribution is 6.17. The molecule has 2 atom stereocenters. The molecule has 1 saturated carbocycles. The van der Waals surface area contributed by atoms with Crippen molar-refractivity contribution in [3.05, 3.63) is 65.7 Å². The summed E-state index contributed by atoms with van der Waals surface area (Å²) in [5, 5.41) is 2.97. The summed E-state index contributed by atoms with van der Waals surface area (Å²) in [5.41, 5.74) is 3.14. The Balaban J connectivity index is 1.61. The van der Waals surface area contributed by atoms with Gasteiger partial charge in [-0.1, -0.05) is 42.5 Å². The number of anilines is 1. The minimum Gasteiger partial charge on any atom is -0.326 e. The fraction of sp³-hybridized carbons (Fsp3) is 0.235. The lowest BCUT2D eigenvalue weighted by molar-refractivity contribution is -0.117. The first-order chi connectivity index (χ1) is 9.78. The number of amides is 1. The van der Waals surface area contributed by atoms with E-state index in [1.165, 1.54) is 5.56 Å². The van der Waals surface area contributed by atoms with Gasteiger partial charge < -0.3 is 5.32 Å². The van der Waals surface area contributed by atoms with E-state index >= 15 is 0 Å². The Kier molecular flexibility index (Phi) is 3.75. The van der Waals surface area contributed by atoms with Gasteiger partial charge in [0.05, 0.1) is 0 Å². The first-order valence-electron chi connectivity index (χ1n) is 6.78. The predicted molar refractivity (Wildman–Crippen MR) is 81.9 cm³/mol. The van der Waals surface area contributed by atoms with Crippen molar-refractivity contribution in [1.82, 2.24) is 0 Å². The molecular formula is C17H16ClNO. The van der Waals surface area contributed by atoms with E-state index in [4.69, 9.17) is 11.6 Å². The van der Waals surface area contributed by atoms with E-state index in [-0.39, 0.29) is 11.8 Å². The Bertz CT molecular complexity index is 594. The summed E-state index contributed by atoms with van der Waals surface area (Å²) in [7, 11) is 0. The number of nitrogens with one attached hydrogen (secondary N) is 1. The van der Waals surface area contributed by atoms with Gasteiger partial charge in [-0.25, -0.2) is 0 Å². The predicted octanol–water partition coefficient (Wildman–Crippen LogP) is 4.17. The number of carbonyl (C=O) groups excluding carboxylic acids is 1. The average Bonchev–Trinajstić information content (AvgIpc) is 3.29. The Labute approximate surface area is 123 Å². The van der Waals surface area contributed by atoms with E-state index in [2.05, 4.69) is 17.4 Å². The van der Waals surface area contributed by atoms with Crippen LogP contribution in [0.5, 0.6) is 0 Å². The Hall–Kier alpha value is -1.80. The molecule has 2 aromatic rings. The number of benzene rings is 2.